The summed E-state index contributed by atoms with van der Waals surface area (Å²) in [5.74, 6) is -0.252. The van der Waals surface area contributed by atoms with Gasteiger partial charge in [0.25, 0.3) is 0 Å². The number of aryl methyl sites for hydroxylation is 1. The van der Waals surface area contributed by atoms with E-state index >= 15 is 0 Å². The van der Waals surface area contributed by atoms with Gasteiger partial charge in [0, 0.05) is 18.8 Å². The number of urea groups is 1. The molecule has 2 atom stereocenters. The maximum absolute atomic E-state index is 12.9. The molecule has 6 nitrogen and oxygen atoms in total. The lowest BCUT2D eigenvalue weighted by Gasteiger charge is -2.40. The van der Waals surface area contributed by atoms with Crippen molar-refractivity contribution in [2.24, 2.45) is 5.92 Å². The number of nitrogens with one attached hydrogen (secondary N) is 2. The molecular weight excluding hydrogens is 364 g/mol. The molecule has 29 heavy (non-hydrogen) atoms. The lowest BCUT2D eigenvalue weighted by molar-refractivity contribution is -0.127. The van der Waals surface area contributed by atoms with Gasteiger partial charge in [0.05, 0.1) is 24.2 Å². The molecule has 0 radical (unpaired) electrons. The summed E-state index contributed by atoms with van der Waals surface area (Å²) in [6.07, 6.45) is 3.22. The second-order valence-electron chi connectivity index (χ2n) is 8.00. The van der Waals surface area contributed by atoms with Crippen LogP contribution in [0.1, 0.15) is 49.6 Å². The second-order valence-corrected chi connectivity index (χ2v) is 8.00. The van der Waals surface area contributed by atoms with Crippen LogP contribution in [0, 0.1) is 12.8 Å². The first-order valence-corrected chi connectivity index (χ1v) is 10.3. The van der Waals surface area contributed by atoms with Crippen LogP contribution >= 0.6 is 0 Å². The average Bonchev–Trinajstić information content (AvgIpc) is 2.72. The number of piperidine rings is 1. The highest BCUT2D eigenvalue weighted by molar-refractivity contribution is 5.81. The fraction of sp³-hybridized carbons (Fsp3) is 0.435. The predicted octanol–water partition coefficient (Wildman–Crippen LogP) is 3.58. The van der Waals surface area contributed by atoms with E-state index in [0.717, 1.165) is 24.1 Å². The highest BCUT2D eigenvalue weighted by Gasteiger charge is 2.35. The monoisotopic (exact) mass is 394 g/mol. The molecule has 1 aromatic carbocycles. The van der Waals surface area contributed by atoms with E-state index in [9.17, 15) is 9.59 Å². The number of aromatic nitrogens is 1. The van der Waals surface area contributed by atoms with Crippen molar-refractivity contribution in [3.05, 3.63) is 65.5 Å². The number of amides is 3. The summed E-state index contributed by atoms with van der Waals surface area (Å²) in [7, 11) is 0. The number of hydrogen-bond acceptors (Lipinski definition) is 3. The molecule has 0 aliphatic carbocycles. The Bertz CT molecular complexity index is 838. The molecule has 1 aliphatic heterocycles. The molecule has 2 aromatic rings. The van der Waals surface area contributed by atoms with Crippen LogP contribution in [0.15, 0.2) is 48.7 Å². The fourth-order valence-corrected chi connectivity index (χ4v) is 3.79. The van der Waals surface area contributed by atoms with Gasteiger partial charge in [0.2, 0.25) is 5.91 Å². The summed E-state index contributed by atoms with van der Waals surface area (Å²) in [6, 6.07) is 13.8. The molecule has 154 valence electrons. The van der Waals surface area contributed by atoms with Gasteiger partial charge in [-0.25, -0.2) is 4.79 Å². The standard InChI is InChI=1S/C23H30N4O2/c1-16(2)26-23(29)27-15-19(22(28)25-14-20-9-4-5-12-24-20)10-11-21(27)18-8-6-7-17(3)13-18/h4-9,12-13,16,19,21H,10-11,14-15H2,1-3H3,(H,25,28)(H,26,29)/t19-,21+/m1/s1. The van der Waals surface area contributed by atoms with Crippen molar-refractivity contribution in [2.45, 2.75) is 52.2 Å². The quantitative estimate of drug-likeness (QED) is 0.814. The SMILES string of the molecule is Cc1cccc([C@@H]2CC[C@@H](C(=O)NCc3ccccn3)CN2C(=O)NC(C)C)c1. The molecule has 1 saturated heterocycles. The third-order valence-electron chi connectivity index (χ3n) is 5.22. The minimum atomic E-state index is -0.224. The van der Waals surface area contributed by atoms with E-state index in [1.54, 1.807) is 6.20 Å². The number of carbonyl (C=O) groups is 2. The van der Waals surface area contributed by atoms with Crippen molar-refractivity contribution in [2.75, 3.05) is 6.54 Å². The third kappa shape index (κ3) is 5.56. The Kier molecular flexibility index (Phi) is 6.86. The normalized spacial score (nSPS) is 19.1. The lowest BCUT2D eigenvalue weighted by Crippen LogP contribution is -2.51. The van der Waals surface area contributed by atoms with Crippen LogP contribution in [0.25, 0.3) is 0 Å². The van der Waals surface area contributed by atoms with Gasteiger partial charge in [-0.1, -0.05) is 35.9 Å². The Morgan fingerprint density at radius 1 is 1.17 bits per heavy atom. The summed E-state index contributed by atoms with van der Waals surface area (Å²) in [6.45, 7) is 6.75. The molecule has 0 spiro atoms. The van der Waals surface area contributed by atoms with Gasteiger partial charge in [0.15, 0.2) is 0 Å². The Morgan fingerprint density at radius 3 is 2.69 bits per heavy atom. The first-order valence-electron chi connectivity index (χ1n) is 10.3. The molecule has 0 saturated carbocycles. The zero-order valence-electron chi connectivity index (χ0n) is 17.4. The minimum Gasteiger partial charge on any atom is -0.350 e. The maximum Gasteiger partial charge on any atom is 0.318 e. The number of likely N-dealkylation sites (tertiary alicyclic amines) is 1. The van der Waals surface area contributed by atoms with E-state index in [2.05, 4.69) is 40.7 Å². The third-order valence-corrected chi connectivity index (χ3v) is 5.22. The number of nitrogens with zero attached hydrogens (tertiary/aromatic N) is 2. The van der Waals surface area contributed by atoms with Crippen molar-refractivity contribution in [1.29, 1.82) is 0 Å². The molecule has 1 aliphatic rings. The predicted molar refractivity (Wildman–Crippen MR) is 113 cm³/mol. The Hall–Kier alpha value is -2.89. The van der Waals surface area contributed by atoms with Crippen LogP contribution in [-0.4, -0.2) is 34.4 Å². The van der Waals surface area contributed by atoms with Crippen LogP contribution in [-0.2, 0) is 11.3 Å². The molecule has 0 bridgehead atoms. The van der Waals surface area contributed by atoms with Crippen LogP contribution in [0.4, 0.5) is 4.79 Å². The number of carbonyl (C=O) groups excluding carboxylic acids is 2. The molecule has 1 fully saturated rings. The first-order chi connectivity index (χ1) is 13.9. The van der Waals surface area contributed by atoms with Crippen molar-refractivity contribution in [3.63, 3.8) is 0 Å². The van der Waals surface area contributed by atoms with E-state index in [-0.39, 0.29) is 29.9 Å². The Balaban J connectivity index is 1.71. The number of hydrogen-bond donors (Lipinski definition) is 2. The first kappa shape index (κ1) is 20.8. The summed E-state index contributed by atoms with van der Waals surface area (Å²) in [5.41, 5.74) is 3.11. The molecular formula is C23H30N4O2. The van der Waals surface area contributed by atoms with Gasteiger partial charge in [-0.05, 0) is 51.3 Å². The largest absolute Gasteiger partial charge is 0.350 e. The molecule has 3 amide bonds. The molecule has 2 N–H and O–H groups in total. The van der Waals surface area contributed by atoms with Crippen molar-refractivity contribution < 1.29 is 9.59 Å². The van der Waals surface area contributed by atoms with E-state index in [4.69, 9.17) is 0 Å². The van der Waals surface area contributed by atoms with Crippen LogP contribution in [0.3, 0.4) is 0 Å². The fourth-order valence-electron chi connectivity index (χ4n) is 3.79. The number of benzene rings is 1. The highest BCUT2D eigenvalue weighted by atomic mass is 16.2. The van der Waals surface area contributed by atoms with E-state index < -0.39 is 0 Å². The van der Waals surface area contributed by atoms with Gasteiger partial charge >= 0.3 is 6.03 Å². The van der Waals surface area contributed by atoms with Crippen LogP contribution in [0.2, 0.25) is 0 Å². The number of pyridine rings is 1. The van der Waals surface area contributed by atoms with Gasteiger partial charge in [-0.15, -0.1) is 0 Å². The summed E-state index contributed by atoms with van der Waals surface area (Å²) < 4.78 is 0. The van der Waals surface area contributed by atoms with Gasteiger partial charge in [-0.3, -0.25) is 9.78 Å². The van der Waals surface area contributed by atoms with Crippen molar-refractivity contribution in [3.8, 4) is 0 Å². The summed E-state index contributed by atoms with van der Waals surface area (Å²) in [4.78, 5) is 31.7. The van der Waals surface area contributed by atoms with Gasteiger partial charge < -0.3 is 15.5 Å². The van der Waals surface area contributed by atoms with E-state index in [1.165, 1.54) is 5.56 Å². The number of rotatable bonds is 5. The summed E-state index contributed by atoms with van der Waals surface area (Å²) >= 11 is 0. The molecule has 6 heteroatoms. The molecule has 1 aromatic heterocycles. The topological polar surface area (TPSA) is 74.3 Å². The Labute approximate surface area is 172 Å². The minimum absolute atomic E-state index is 0.0199. The molecule has 2 heterocycles. The van der Waals surface area contributed by atoms with Crippen molar-refractivity contribution >= 4 is 11.9 Å². The zero-order valence-corrected chi connectivity index (χ0v) is 17.4. The van der Waals surface area contributed by atoms with Gasteiger partial charge in [0.1, 0.15) is 0 Å². The summed E-state index contributed by atoms with van der Waals surface area (Å²) in [5, 5.41) is 5.96. The molecule has 0 unspecified atom stereocenters. The van der Waals surface area contributed by atoms with Crippen LogP contribution in [0.5, 0.6) is 0 Å². The average molecular weight is 395 g/mol. The second kappa shape index (κ2) is 9.54. The maximum atomic E-state index is 12.9. The Morgan fingerprint density at radius 2 is 2.00 bits per heavy atom. The van der Waals surface area contributed by atoms with Gasteiger partial charge in [-0.2, -0.15) is 0 Å². The lowest BCUT2D eigenvalue weighted by atomic mass is 9.88. The van der Waals surface area contributed by atoms with Crippen molar-refractivity contribution in [1.82, 2.24) is 20.5 Å². The smallest absolute Gasteiger partial charge is 0.318 e. The van der Waals surface area contributed by atoms with E-state index in [1.807, 2.05) is 43.0 Å². The van der Waals surface area contributed by atoms with E-state index in [0.29, 0.717) is 13.1 Å². The van der Waals surface area contributed by atoms with Crippen LogP contribution < -0.4 is 10.6 Å². The highest BCUT2D eigenvalue weighted by Crippen LogP contribution is 2.34. The zero-order chi connectivity index (χ0) is 20.8. The molecule has 3 rings (SSSR count).